The van der Waals surface area contributed by atoms with Crippen molar-refractivity contribution in [2.24, 2.45) is 0 Å². The standard InChI is InChI=1S/C16H21N3O/c1-13-4-2-3-10-19(13)11-9-18-16(20)15-7-5-14(12-17)6-8-15/h5-8,13H,2-4,9-11H2,1H3,(H,18,20). The lowest BCUT2D eigenvalue weighted by atomic mass is 10.0. The molecule has 1 fully saturated rings. The predicted molar refractivity (Wildman–Crippen MR) is 78.4 cm³/mol. The second-order valence-electron chi connectivity index (χ2n) is 5.33. The number of rotatable bonds is 4. The van der Waals surface area contributed by atoms with E-state index in [9.17, 15) is 4.79 Å². The minimum absolute atomic E-state index is 0.0702. The highest BCUT2D eigenvalue weighted by atomic mass is 16.1. The van der Waals surface area contributed by atoms with Crippen LogP contribution in [0.3, 0.4) is 0 Å². The molecule has 20 heavy (non-hydrogen) atoms. The van der Waals surface area contributed by atoms with E-state index in [4.69, 9.17) is 5.26 Å². The average molecular weight is 271 g/mol. The van der Waals surface area contributed by atoms with Gasteiger partial charge in [0.15, 0.2) is 0 Å². The summed E-state index contributed by atoms with van der Waals surface area (Å²) in [6, 6.07) is 9.39. The molecule has 2 rings (SSSR count). The molecule has 1 N–H and O–H groups in total. The van der Waals surface area contributed by atoms with Crippen LogP contribution in [0.5, 0.6) is 0 Å². The highest BCUT2D eigenvalue weighted by Gasteiger charge is 2.17. The Morgan fingerprint density at radius 2 is 2.15 bits per heavy atom. The first-order valence-corrected chi connectivity index (χ1v) is 7.23. The van der Waals surface area contributed by atoms with Gasteiger partial charge >= 0.3 is 0 Å². The quantitative estimate of drug-likeness (QED) is 0.913. The number of carbonyl (C=O) groups is 1. The molecular weight excluding hydrogens is 250 g/mol. The molecule has 1 aromatic carbocycles. The van der Waals surface area contributed by atoms with E-state index in [1.807, 2.05) is 6.07 Å². The smallest absolute Gasteiger partial charge is 0.251 e. The second kappa shape index (κ2) is 7.06. The number of piperidine rings is 1. The fraction of sp³-hybridized carbons (Fsp3) is 0.500. The first-order valence-electron chi connectivity index (χ1n) is 7.23. The fourth-order valence-corrected chi connectivity index (χ4v) is 2.60. The van der Waals surface area contributed by atoms with Gasteiger partial charge in [-0.1, -0.05) is 6.42 Å². The van der Waals surface area contributed by atoms with Crippen molar-refractivity contribution in [1.29, 1.82) is 5.26 Å². The number of benzene rings is 1. The third-order valence-corrected chi connectivity index (χ3v) is 3.90. The molecule has 1 saturated heterocycles. The van der Waals surface area contributed by atoms with Crippen LogP contribution in [0.1, 0.15) is 42.1 Å². The zero-order chi connectivity index (χ0) is 14.4. The predicted octanol–water partition coefficient (Wildman–Crippen LogP) is 2.16. The molecule has 1 aliphatic rings. The molecule has 0 aromatic heterocycles. The molecule has 1 unspecified atom stereocenters. The van der Waals surface area contributed by atoms with Gasteiger partial charge < -0.3 is 5.32 Å². The molecule has 1 amide bonds. The van der Waals surface area contributed by atoms with Gasteiger partial charge in [-0.3, -0.25) is 9.69 Å². The highest BCUT2D eigenvalue weighted by molar-refractivity contribution is 5.94. The summed E-state index contributed by atoms with van der Waals surface area (Å²) in [6.45, 7) is 4.96. The Bertz CT molecular complexity index is 489. The summed E-state index contributed by atoms with van der Waals surface area (Å²) in [5, 5.41) is 11.7. The lowest BCUT2D eigenvalue weighted by molar-refractivity contribution is 0.0938. The number of carbonyl (C=O) groups excluding carboxylic acids is 1. The molecule has 0 radical (unpaired) electrons. The second-order valence-corrected chi connectivity index (χ2v) is 5.33. The van der Waals surface area contributed by atoms with Gasteiger partial charge in [0, 0.05) is 24.7 Å². The van der Waals surface area contributed by atoms with Crippen molar-refractivity contribution in [2.45, 2.75) is 32.2 Å². The molecule has 106 valence electrons. The molecule has 4 heteroatoms. The van der Waals surface area contributed by atoms with Crippen LogP contribution in [0.2, 0.25) is 0 Å². The van der Waals surface area contributed by atoms with Crippen LogP contribution in [0.4, 0.5) is 0 Å². The lowest BCUT2D eigenvalue weighted by Crippen LogP contribution is -2.42. The maximum atomic E-state index is 12.0. The number of hydrogen-bond acceptors (Lipinski definition) is 3. The zero-order valence-corrected chi connectivity index (χ0v) is 11.9. The Balaban J connectivity index is 1.78. The summed E-state index contributed by atoms with van der Waals surface area (Å²) in [5.74, 6) is -0.0702. The summed E-state index contributed by atoms with van der Waals surface area (Å²) in [5.41, 5.74) is 1.18. The van der Waals surface area contributed by atoms with E-state index in [0.29, 0.717) is 23.7 Å². The summed E-state index contributed by atoms with van der Waals surface area (Å²) < 4.78 is 0. The fourth-order valence-electron chi connectivity index (χ4n) is 2.60. The number of nitrogens with zero attached hydrogens (tertiary/aromatic N) is 2. The van der Waals surface area contributed by atoms with Gasteiger partial charge in [0.2, 0.25) is 0 Å². The highest BCUT2D eigenvalue weighted by Crippen LogP contribution is 2.15. The number of likely N-dealkylation sites (tertiary alicyclic amines) is 1. The van der Waals surface area contributed by atoms with Crippen LogP contribution in [0.25, 0.3) is 0 Å². The molecule has 1 heterocycles. The van der Waals surface area contributed by atoms with E-state index in [2.05, 4.69) is 17.1 Å². The number of hydrogen-bond donors (Lipinski definition) is 1. The van der Waals surface area contributed by atoms with Crippen LogP contribution in [0.15, 0.2) is 24.3 Å². The van der Waals surface area contributed by atoms with Gasteiger partial charge in [-0.05, 0) is 50.6 Å². The molecule has 0 aliphatic carbocycles. The van der Waals surface area contributed by atoms with Crippen molar-refractivity contribution >= 4 is 5.91 Å². The van der Waals surface area contributed by atoms with Crippen LogP contribution in [0, 0.1) is 11.3 Å². The van der Waals surface area contributed by atoms with E-state index >= 15 is 0 Å². The zero-order valence-electron chi connectivity index (χ0n) is 11.9. The molecule has 0 saturated carbocycles. The summed E-state index contributed by atoms with van der Waals surface area (Å²) in [4.78, 5) is 14.4. The van der Waals surface area contributed by atoms with Gasteiger partial charge in [0.1, 0.15) is 0 Å². The Kier molecular flexibility index (Phi) is 5.14. The van der Waals surface area contributed by atoms with Crippen molar-refractivity contribution in [3.05, 3.63) is 35.4 Å². The maximum Gasteiger partial charge on any atom is 0.251 e. The third kappa shape index (κ3) is 3.82. The van der Waals surface area contributed by atoms with E-state index in [-0.39, 0.29) is 5.91 Å². The van der Waals surface area contributed by atoms with Crippen LogP contribution in [-0.2, 0) is 0 Å². The normalized spacial score (nSPS) is 19.3. The van der Waals surface area contributed by atoms with Crippen LogP contribution >= 0.6 is 0 Å². The van der Waals surface area contributed by atoms with Crippen LogP contribution < -0.4 is 5.32 Å². The average Bonchev–Trinajstić information content (AvgIpc) is 2.49. The number of nitrogens with one attached hydrogen (secondary N) is 1. The van der Waals surface area contributed by atoms with Crippen LogP contribution in [-0.4, -0.2) is 36.5 Å². The lowest BCUT2D eigenvalue weighted by Gasteiger charge is -2.33. The Morgan fingerprint density at radius 1 is 1.40 bits per heavy atom. The number of nitriles is 1. The van der Waals surface area contributed by atoms with E-state index in [0.717, 1.165) is 13.1 Å². The molecule has 1 atom stereocenters. The Labute approximate surface area is 120 Å². The Hall–Kier alpha value is -1.86. The summed E-state index contributed by atoms with van der Waals surface area (Å²) in [7, 11) is 0. The van der Waals surface area contributed by atoms with Gasteiger partial charge in [0.05, 0.1) is 11.6 Å². The largest absolute Gasteiger partial charge is 0.351 e. The number of amides is 1. The topological polar surface area (TPSA) is 56.1 Å². The van der Waals surface area contributed by atoms with E-state index < -0.39 is 0 Å². The van der Waals surface area contributed by atoms with Crippen molar-refractivity contribution in [3.63, 3.8) is 0 Å². The van der Waals surface area contributed by atoms with E-state index in [1.165, 1.54) is 19.3 Å². The summed E-state index contributed by atoms with van der Waals surface area (Å²) >= 11 is 0. The molecule has 0 spiro atoms. The molecular formula is C16H21N3O. The first-order chi connectivity index (χ1) is 9.70. The van der Waals surface area contributed by atoms with Gasteiger partial charge in [-0.25, -0.2) is 0 Å². The third-order valence-electron chi connectivity index (χ3n) is 3.90. The molecule has 0 bridgehead atoms. The van der Waals surface area contributed by atoms with Crippen molar-refractivity contribution in [3.8, 4) is 6.07 Å². The monoisotopic (exact) mass is 271 g/mol. The van der Waals surface area contributed by atoms with E-state index in [1.54, 1.807) is 24.3 Å². The van der Waals surface area contributed by atoms with Crippen molar-refractivity contribution < 1.29 is 4.79 Å². The minimum Gasteiger partial charge on any atom is -0.351 e. The molecule has 1 aromatic rings. The Morgan fingerprint density at radius 3 is 2.80 bits per heavy atom. The van der Waals surface area contributed by atoms with Gasteiger partial charge in [0.25, 0.3) is 5.91 Å². The minimum atomic E-state index is -0.0702. The van der Waals surface area contributed by atoms with Crippen molar-refractivity contribution in [1.82, 2.24) is 10.2 Å². The van der Waals surface area contributed by atoms with Gasteiger partial charge in [-0.2, -0.15) is 5.26 Å². The van der Waals surface area contributed by atoms with Crippen molar-refractivity contribution in [2.75, 3.05) is 19.6 Å². The SMILES string of the molecule is CC1CCCCN1CCNC(=O)c1ccc(C#N)cc1. The molecule has 4 nitrogen and oxygen atoms in total. The molecule has 1 aliphatic heterocycles. The first kappa shape index (κ1) is 14.5. The summed E-state index contributed by atoms with van der Waals surface area (Å²) in [6.07, 6.45) is 3.83. The maximum absolute atomic E-state index is 12.0. The van der Waals surface area contributed by atoms with Gasteiger partial charge in [-0.15, -0.1) is 0 Å².